The van der Waals surface area contributed by atoms with Crippen LogP contribution >= 0.6 is 0 Å². The van der Waals surface area contributed by atoms with Gasteiger partial charge in [0.25, 0.3) is 0 Å². The minimum Gasteiger partial charge on any atom is -0.464 e. The van der Waals surface area contributed by atoms with Crippen LogP contribution in [-0.4, -0.2) is 53.1 Å². The fourth-order valence-electron chi connectivity index (χ4n) is 4.86. The lowest BCUT2D eigenvalue weighted by atomic mass is 9.84. The summed E-state index contributed by atoms with van der Waals surface area (Å²) in [4.78, 5) is 11.1. The monoisotopic (exact) mass is 470 g/mol. The summed E-state index contributed by atoms with van der Waals surface area (Å²) < 4.78 is 11.0. The number of aromatic nitrogens is 2. The first-order valence-electron chi connectivity index (χ1n) is 12.8. The number of nitrogens with one attached hydrogen (secondary N) is 1. The fourth-order valence-corrected chi connectivity index (χ4v) is 4.86. The van der Waals surface area contributed by atoms with Gasteiger partial charge in [-0.2, -0.15) is 0 Å². The van der Waals surface area contributed by atoms with Crippen LogP contribution in [0.5, 0.6) is 6.01 Å². The van der Waals surface area contributed by atoms with Gasteiger partial charge in [-0.1, -0.05) is 19.4 Å². The Hall–Kier alpha value is -2.38. The summed E-state index contributed by atoms with van der Waals surface area (Å²) in [5, 5.41) is 14.1. The number of hydrogen-bond acceptors (Lipinski definition) is 7. The molecule has 34 heavy (non-hydrogen) atoms. The molecule has 0 bridgehead atoms. The van der Waals surface area contributed by atoms with Crippen molar-refractivity contribution < 1.29 is 14.6 Å². The van der Waals surface area contributed by atoms with Crippen LogP contribution in [0.1, 0.15) is 78.2 Å². The molecule has 0 unspecified atom stereocenters. The van der Waals surface area contributed by atoms with Gasteiger partial charge in [0.05, 0.1) is 41.7 Å². The molecule has 2 heterocycles. The second-order valence-electron chi connectivity index (χ2n) is 9.72. The number of hydrogen-bond donors (Lipinski definition) is 2. The van der Waals surface area contributed by atoms with Gasteiger partial charge in [0.1, 0.15) is 0 Å². The van der Waals surface area contributed by atoms with E-state index < -0.39 is 5.60 Å². The van der Waals surface area contributed by atoms with Crippen molar-refractivity contribution >= 4 is 17.1 Å². The summed E-state index contributed by atoms with van der Waals surface area (Å²) in [6, 6.07) is 7.56. The summed E-state index contributed by atoms with van der Waals surface area (Å²) in [6.45, 7) is 13.2. The van der Waals surface area contributed by atoms with E-state index in [1.54, 1.807) is 12.4 Å². The van der Waals surface area contributed by atoms with Crippen LogP contribution in [0.15, 0.2) is 30.6 Å². The highest BCUT2D eigenvalue weighted by molar-refractivity contribution is 5.76. The Balaban J connectivity index is 1.98. The Morgan fingerprint density at radius 3 is 2.47 bits per heavy atom. The zero-order valence-electron chi connectivity index (χ0n) is 21.5. The van der Waals surface area contributed by atoms with Gasteiger partial charge in [0.2, 0.25) is 0 Å². The topological polar surface area (TPSA) is 79.7 Å². The zero-order valence-corrected chi connectivity index (χ0v) is 21.5. The van der Waals surface area contributed by atoms with E-state index >= 15 is 0 Å². The van der Waals surface area contributed by atoms with E-state index in [4.69, 9.17) is 9.47 Å². The zero-order chi connectivity index (χ0) is 24.6. The molecule has 1 aliphatic heterocycles. The highest BCUT2D eigenvalue weighted by Gasteiger charge is 2.25. The molecule has 0 aliphatic carbocycles. The molecule has 1 aliphatic rings. The van der Waals surface area contributed by atoms with Gasteiger partial charge >= 0.3 is 6.01 Å². The van der Waals surface area contributed by atoms with Crippen LogP contribution in [0.2, 0.25) is 0 Å². The van der Waals surface area contributed by atoms with Gasteiger partial charge in [0.15, 0.2) is 0 Å². The molecule has 2 N–H and O–H groups in total. The SMILES string of the molecule is CCC[C@H](CC(C)(C)O)c1ccc(N(CC)C2CCOCC2)c(Nc2cnc(OCC)nc2)c1. The average molecular weight is 471 g/mol. The molecular formula is C27H42N4O3. The van der Waals surface area contributed by atoms with Gasteiger partial charge in [0, 0.05) is 25.8 Å². The average Bonchev–Trinajstić information content (AvgIpc) is 2.81. The maximum Gasteiger partial charge on any atom is 0.316 e. The molecule has 0 amide bonds. The number of ether oxygens (including phenoxy) is 2. The molecular weight excluding hydrogens is 428 g/mol. The second-order valence-corrected chi connectivity index (χ2v) is 9.72. The summed E-state index contributed by atoms with van der Waals surface area (Å²) in [6.07, 6.45) is 8.41. The number of aliphatic hydroxyl groups is 1. The molecule has 2 aromatic rings. The lowest BCUT2D eigenvalue weighted by Gasteiger charge is -2.37. The van der Waals surface area contributed by atoms with Crippen molar-refractivity contribution in [1.82, 2.24) is 9.97 Å². The van der Waals surface area contributed by atoms with E-state index in [-0.39, 0.29) is 5.92 Å². The predicted octanol–water partition coefficient (Wildman–Crippen LogP) is 5.67. The molecule has 7 heteroatoms. The highest BCUT2D eigenvalue weighted by atomic mass is 16.5. The smallest absolute Gasteiger partial charge is 0.316 e. The van der Waals surface area contributed by atoms with E-state index in [2.05, 4.69) is 52.2 Å². The van der Waals surface area contributed by atoms with Crippen LogP contribution < -0.4 is 15.0 Å². The molecule has 0 saturated carbocycles. The third-order valence-electron chi connectivity index (χ3n) is 6.34. The Kier molecular flexibility index (Phi) is 9.54. The second kappa shape index (κ2) is 12.4. The molecule has 1 fully saturated rings. The van der Waals surface area contributed by atoms with E-state index in [1.165, 1.54) is 11.3 Å². The minimum absolute atomic E-state index is 0.286. The Labute approximate surface area is 204 Å². The lowest BCUT2D eigenvalue weighted by Crippen LogP contribution is -2.39. The largest absolute Gasteiger partial charge is 0.464 e. The standard InChI is InChI=1S/C27H42N4O3/c1-6-9-21(17-27(4,5)32)20-10-11-25(31(7-2)23-12-14-33-15-13-23)24(16-20)30-22-18-28-26(29-19-22)34-8-3/h10-11,16,18-19,21,23,30,32H,6-9,12-15,17H2,1-5H3/t21-/m1/s1. The van der Waals surface area contributed by atoms with Crippen molar-refractivity contribution in [2.24, 2.45) is 0 Å². The van der Waals surface area contributed by atoms with Crippen LogP contribution in [0.4, 0.5) is 17.1 Å². The summed E-state index contributed by atoms with van der Waals surface area (Å²) in [5.41, 5.74) is 3.55. The van der Waals surface area contributed by atoms with Crippen molar-refractivity contribution in [3.8, 4) is 6.01 Å². The third kappa shape index (κ3) is 7.31. The van der Waals surface area contributed by atoms with E-state index in [9.17, 15) is 5.11 Å². The molecule has 1 saturated heterocycles. The normalized spacial score (nSPS) is 15.7. The van der Waals surface area contributed by atoms with Gasteiger partial charge in [-0.05, 0) is 77.0 Å². The minimum atomic E-state index is -0.716. The molecule has 7 nitrogen and oxygen atoms in total. The van der Waals surface area contributed by atoms with Crippen molar-refractivity contribution in [2.45, 2.75) is 84.3 Å². The van der Waals surface area contributed by atoms with Crippen LogP contribution in [0, 0.1) is 0 Å². The van der Waals surface area contributed by atoms with Gasteiger partial charge in [-0.15, -0.1) is 0 Å². The van der Waals surface area contributed by atoms with Gasteiger partial charge in [-0.3, -0.25) is 0 Å². The maximum absolute atomic E-state index is 10.5. The maximum atomic E-state index is 10.5. The Morgan fingerprint density at radius 2 is 1.88 bits per heavy atom. The number of rotatable bonds is 12. The van der Waals surface area contributed by atoms with E-state index in [0.29, 0.717) is 18.7 Å². The van der Waals surface area contributed by atoms with Crippen LogP contribution in [-0.2, 0) is 4.74 Å². The van der Waals surface area contributed by atoms with Crippen molar-refractivity contribution in [3.05, 3.63) is 36.2 Å². The molecule has 1 aromatic heterocycles. The summed E-state index contributed by atoms with van der Waals surface area (Å²) in [7, 11) is 0. The van der Waals surface area contributed by atoms with Crippen LogP contribution in [0.25, 0.3) is 0 Å². The molecule has 3 rings (SSSR count). The first-order valence-corrected chi connectivity index (χ1v) is 12.8. The number of benzene rings is 1. The van der Waals surface area contributed by atoms with Crippen LogP contribution in [0.3, 0.4) is 0 Å². The molecule has 1 aromatic carbocycles. The van der Waals surface area contributed by atoms with Gasteiger partial charge < -0.3 is 24.8 Å². The summed E-state index contributed by atoms with van der Waals surface area (Å²) in [5.74, 6) is 0.286. The van der Waals surface area contributed by atoms with Gasteiger partial charge in [-0.25, -0.2) is 9.97 Å². The fraction of sp³-hybridized carbons (Fsp3) is 0.630. The van der Waals surface area contributed by atoms with E-state index in [1.807, 2.05) is 20.8 Å². The van der Waals surface area contributed by atoms with Crippen molar-refractivity contribution in [2.75, 3.05) is 36.6 Å². The Bertz CT molecular complexity index is 876. The molecule has 1 atom stereocenters. The first-order chi connectivity index (χ1) is 16.3. The first kappa shape index (κ1) is 26.2. The quantitative estimate of drug-likeness (QED) is 0.414. The third-order valence-corrected chi connectivity index (χ3v) is 6.34. The summed E-state index contributed by atoms with van der Waals surface area (Å²) >= 11 is 0. The predicted molar refractivity (Wildman–Crippen MR) is 138 cm³/mol. The molecule has 0 radical (unpaired) electrons. The number of anilines is 3. The highest BCUT2D eigenvalue weighted by Crippen LogP contribution is 2.38. The lowest BCUT2D eigenvalue weighted by molar-refractivity contribution is 0.0618. The Morgan fingerprint density at radius 1 is 1.18 bits per heavy atom. The van der Waals surface area contributed by atoms with Crippen molar-refractivity contribution in [1.29, 1.82) is 0 Å². The molecule has 188 valence electrons. The number of nitrogens with zero attached hydrogens (tertiary/aromatic N) is 3. The van der Waals surface area contributed by atoms with E-state index in [0.717, 1.165) is 63.2 Å². The molecule has 0 spiro atoms. The van der Waals surface area contributed by atoms with Crippen molar-refractivity contribution in [3.63, 3.8) is 0 Å².